The van der Waals surface area contributed by atoms with Gasteiger partial charge in [0.1, 0.15) is 6.10 Å². The lowest BCUT2D eigenvalue weighted by molar-refractivity contribution is -0.141. The second kappa shape index (κ2) is 6.51. The van der Waals surface area contributed by atoms with E-state index in [1.54, 1.807) is 0 Å². The quantitative estimate of drug-likeness (QED) is 0.600. The smallest absolute Gasteiger partial charge is 0.306 e. The van der Waals surface area contributed by atoms with Crippen LogP contribution in [0.5, 0.6) is 0 Å². The highest BCUT2D eigenvalue weighted by Crippen LogP contribution is 2.45. The summed E-state index contributed by atoms with van der Waals surface area (Å²) in [6.07, 6.45) is 8.62. The topological polar surface area (TPSA) is 46.5 Å². The molecule has 1 N–H and O–H groups in total. The van der Waals surface area contributed by atoms with Gasteiger partial charge in [0.25, 0.3) is 0 Å². The van der Waals surface area contributed by atoms with Crippen LogP contribution in [0.4, 0.5) is 0 Å². The second-order valence-corrected chi connectivity index (χ2v) is 7.61. The van der Waals surface area contributed by atoms with Crippen molar-refractivity contribution in [1.29, 1.82) is 0 Å². The number of esters is 1. The average molecular weight is 294 g/mol. The summed E-state index contributed by atoms with van der Waals surface area (Å²) in [6.45, 7) is 8.65. The van der Waals surface area contributed by atoms with Crippen LogP contribution in [0.1, 0.15) is 59.8 Å². The molecule has 0 spiro atoms. The van der Waals surface area contributed by atoms with E-state index in [0.29, 0.717) is 24.2 Å². The number of aliphatic hydroxyl groups is 1. The predicted octanol–water partition coefficient (Wildman–Crippen LogP) is 3.71. The van der Waals surface area contributed by atoms with E-state index in [4.69, 9.17) is 4.74 Å². The lowest BCUT2D eigenvalue weighted by Crippen LogP contribution is -2.28. The molecular formula is C18H30O3. The number of allylic oxidation sites excluding steroid dienone is 1. The van der Waals surface area contributed by atoms with Crippen molar-refractivity contribution in [3.05, 3.63) is 12.2 Å². The largest absolute Gasteiger partial charge is 0.462 e. The summed E-state index contributed by atoms with van der Waals surface area (Å²) in [5, 5.41) is 10.5. The van der Waals surface area contributed by atoms with Gasteiger partial charge in [-0.1, -0.05) is 52.7 Å². The van der Waals surface area contributed by atoms with Gasteiger partial charge >= 0.3 is 5.97 Å². The molecule has 3 heteroatoms. The van der Waals surface area contributed by atoms with E-state index < -0.39 is 6.10 Å². The van der Waals surface area contributed by atoms with Crippen LogP contribution in [0.15, 0.2) is 12.2 Å². The molecule has 2 fully saturated rings. The van der Waals surface area contributed by atoms with Crippen molar-refractivity contribution in [2.24, 2.45) is 23.2 Å². The highest BCUT2D eigenvalue weighted by Gasteiger charge is 2.47. The molecule has 2 rings (SSSR count). The zero-order valence-electron chi connectivity index (χ0n) is 13.8. The lowest BCUT2D eigenvalue weighted by Gasteiger charge is -2.29. The van der Waals surface area contributed by atoms with Crippen LogP contribution < -0.4 is 0 Å². The number of rotatable bonds is 6. The molecule has 1 saturated carbocycles. The number of fused-ring (bicyclic) bond motifs is 1. The van der Waals surface area contributed by atoms with Gasteiger partial charge in [0.2, 0.25) is 0 Å². The van der Waals surface area contributed by atoms with Gasteiger partial charge in [-0.3, -0.25) is 4.79 Å². The van der Waals surface area contributed by atoms with Crippen LogP contribution >= 0.6 is 0 Å². The molecule has 1 heterocycles. The molecule has 21 heavy (non-hydrogen) atoms. The molecule has 5 atom stereocenters. The fourth-order valence-corrected chi connectivity index (χ4v) is 3.79. The molecule has 120 valence electrons. The minimum absolute atomic E-state index is 0.0564. The Morgan fingerprint density at radius 2 is 2.19 bits per heavy atom. The maximum atomic E-state index is 11.4. The van der Waals surface area contributed by atoms with E-state index in [0.717, 1.165) is 25.7 Å². The molecule has 0 radical (unpaired) electrons. The molecule has 0 unspecified atom stereocenters. The van der Waals surface area contributed by atoms with Crippen LogP contribution in [0.3, 0.4) is 0 Å². The third-order valence-electron chi connectivity index (χ3n) is 5.41. The zero-order chi connectivity index (χ0) is 15.6. The van der Waals surface area contributed by atoms with Crippen molar-refractivity contribution in [1.82, 2.24) is 0 Å². The minimum Gasteiger partial charge on any atom is -0.462 e. The molecule has 0 aromatic carbocycles. The highest BCUT2D eigenvalue weighted by molar-refractivity contribution is 5.72. The van der Waals surface area contributed by atoms with Gasteiger partial charge in [-0.15, -0.1) is 0 Å². The minimum atomic E-state index is -0.423. The summed E-state index contributed by atoms with van der Waals surface area (Å²) in [6, 6.07) is 0. The first kappa shape index (κ1) is 16.5. The highest BCUT2D eigenvalue weighted by atomic mass is 16.6. The SMILES string of the molecule is CCCCC(C)(C)[C@@H](O)/C=C/[C@@H]1[C@H]2CC(=O)O[C@H]2C[C@H]1C. The van der Waals surface area contributed by atoms with Crippen molar-refractivity contribution in [2.45, 2.75) is 72.0 Å². The number of hydrogen-bond donors (Lipinski definition) is 1. The van der Waals surface area contributed by atoms with Crippen molar-refractivity contribution in [3.8, 4) is 0 Å². The van der Waals surface area contributed by atoms with Crippen LogP contribution in [0, 0.1) is 23.2 Å². The summed E-state index contributed by atoms with van der Waals surface area (Å²) in [5.41, 5.74) is -0.0876. The van der Waals surface area contributed by atoms with Crippen molar-refractivity contribution >= 4 is 5.97 Å². The first-order valence-electron chi connectivity index (χ1n) is 8.41. The van der Waals surface area contributed by atoms with Crippen LogP contribution in [-0.2, 0) is 9.53 Å². The molecule has 1 aliphatic heterocycles. The molecule has 0 aromatic heterocycles. The lowest BCUT2D eigenvalue weighted by atomic mass is 9.80. The molecule has 0 amide bonds. The first-order chi connectivity index (χ1) is 9.85. The summed E-state index contributed by atoms with van der Waals surface area (Å²) in [7, 11) is 0. The summed E-state index contributed by atoms with van der Waals surface area (Å²) in [4.78, 5) is 11.4. The molecular weight excluding hydrogens is 264 g/mol. The number of ether oxygens (including phenoxy) is 1. The molecule has 1 aliphatic carbocycles. The summed E-state index contributed by atoms with van der Waals surface area (Å²) in [5.74, 6) is 1.14. The number of unbranched alkanes of at least 4 members (excludes halogenated alkanes) is 1. The second-order valence-electron chi connectivity index (χ2n) is 7.61. The zero-order valence-corrected chi connectivity index (χ0v) is 13.8. The van der Waals surface area contributed by atoms with E-state index in [1.807, 2.05) is 6.08 Å². The molecule has 3 nitrogen and oxygen atoms in total. The van der Waals surface area contributed by atoms with Gasteiger partial charge in [-0.2, -0.15) is 0 Å². The van der Waals surface area contributed by atoms with Gasteiger partial charge in [-0.25, -0.2) is 0 Å². The maximum Gasteiger partial charge on any atom is 0.306 e. The Morgan fingerprint density at radius 3 is 2.86 bits per heavy atom. The van der Waals surface area contributed by atoms with Gasteiger partial charge in [-0.05, 0) is 30.1 Å². The van der Waals surface area contributed by atoms with Gasteiger partial charge in [0, 0.05) is 5.92 Å². The Balaban J connectivity index is 1.98. The normalized spacial score (nSPS) is 34.2. The monoisotopic (exact) mass is 294 g/mol. The third-order valence-corrected chi connectivity index (χ3v) is 5.41. The average Bonchev–Trinajstić information content (AvgIpc) is 2.89. The number of carbonyl (C=O) groups excluding carboxylic acids is 1. The van der Waals surface area contributed by atoms with E-state index in [-0.39, 0.29) is 17.5 Å². The van der Waals surface area contributed by atoms with E-state index in [1.165, 1.54) is 0 Å². The van der Waals surface area contributed by atoms with E-state index in [9.17, 15) is 9.90 Å². The Kier molecular flexibility index (Phi) is 5.13. The predicted molar refractivity (Wildman–Crippen MR) is 83.7 cm³/mol. The molecule has 1 saturated heterocycles. The van der Waals surface area contributed by atoms with Crippen LogP contribution in [-0.4, -0.2) is 23.3 Å². The Labute approximate surface area is 128 Å². The third kappa shape index (κ3) is 3.68. The van der Waals surface area contributed by atoms with Crippen LogP contribution in [0.2, 0.25) is 0 Å². The Hall–Kier alpha value is -0.830. The van der Waals surface area contributed by atoms with Gasteiger partial charge in [0.15, 0.2) is 0 Å². The van der Waals surface area contributed by atoms with E-state index in [2.05, 4.69) is 33.8 Å². The summed E-state index contributed by atoms with van der Waals surface area (Å²) >= 11 is 0. The van der Waals surface area contributed by atoms with Crippen molar-refractivity contribution in [3.63, 3.8) is 0 Å². The Morgan fingerprint density at radius 1 is 1.48 bits per heavy atom. The van der Waals surface area contributed by atoms with E-state index >= 15 is 0 Å². The first-order valence-corrected chi connectivity index (χ1v) is 8.41. The van der Waals surface area contributed by atoms with Gasteiger partial charge in [0.05, 0.1) is 12.5 Å². The Bertz CT molecular complexity index is 399. The molecule has 0 bridgehead atoms. The van der Waals surface area contributed by atoms with Crippen molar-refractivity contribution < 1.29 is 14.6 Å². The number of hydrogen-bond acceptors (Lipinski definition) is 3. The number of carbonyl (C=O) groups is 1. The van der Waals surface area contributed by atoms with Gasteiger partial charge < -0.3 is 9.84 Å². The fourth-order valence-electron chi connectivity index (χ4n) is 3.79. The number of aliphatic hydroxyl groups excluding tert-OH is 1. The van der Waals surface area contributed by atoms with Crippen LogP contribution in [0.25, 0.3) is 0 Å². The maximum absolute atomic E-state index is 11.4. The fraction of sp³-hybridized carbons (Fsp3) is 0.833. The van der Waals surface area contributed by atoms with Crippen molar-refractivity contribution in [2.75, 3.05) is 0 Å². The molecule has 2 aliphatic rings. The standard InChI is InChI=1S/C18H30O3/c1-5-6-9-18(3,4)16(19)8-7-13-12(2)10-15-14(13)11-17(20)21-15/h7-8,12-16,19H,5-6,9-11H2,1-4H3/b8-7+/t12-,13+,14-,15+,16+/m1/s1. The molecule has 0 aromatic rings. The summed E-state index contributed by atoms with van der Waals surface area (Å²) < 4.78 is 5.38.